The van der Waals surface area contributed by atoms with Gasteiger partial charge in [-0.3, -0.25) is 4.84 Å². The Morgan fingerprint density at radius 1 is 1.10 bits per heavy atom. The molecular weight excluding hydrogens is 252 g/mol. The van der Waals surface area contributed by atoms with Gasteiger partial charge in [0.2, 0.25) is 0 Å². The zero-order valence-corrected chi connectivity index (χ0v) is 11.3. The van der Waals surface area contributed by atoms with Gasteiger partial charge in [0.1, 0.15) is 12.1 Å². The van der Waals surface area contributed by atoms with Gasteiger partial charge in [0, 0.05) is 19.2 Å². The number of rotatable bonds is 5. The summed E-state index contributed by atoms with van der Waals surface area (Å²) in [6.45, 7) is 2.65. The number of benzene rings is 1. The summed E-state index contributed by atoms with van der Waals surface area (Å²) in [5.74, 6) is 1.65. The number of nitrogens with zero attached hydrogens (tertiary/aromatic N) is 3. The van der Waals surface area contributed by atoms with Crippen molar-refractivity contribution in [2.45, 2.75) is 19.4 Å². The molecule has 1 fully saturated rings. The smallest absolute Gasteiger partial charge is 0.155 e. The summed E-state index contributed by atoms with van der Waals surface area (Å²) < 4.78 is 0. The van der Waals surface area contributed by atoms with Crippen LogP contribution in [0.4, 0.5) is 11.6 Å². The van der Waals surface area contributed by atoms with Crippen LogP contribution < -0.4 is 10.4 Å². The first-order chi connectivity index (χ1) is 9.92. The van der Waals surface area contributed by atoms with Gasteiger partial charge in [0.25, 0.3) is 0 Å². The molecule has 0 radical (unpaired) electrons. The van der Waals surface area contributed by atoms with E-state index >= 15 is 0 Å². The van der Waals surface area contributed by atoms with Crippen LogP contribution in [0.25, 0.3) is 0 Å². The van der Waals surface area contributed by atoms with Gasteiger partial charge < -0.3 is 4.90 Å². The Kier molecular flexibility index (Phi) is 4.08. The SMILES string of the molecule is c1ccc(CONc2cc(N3CCCC3)ncn2)cc1. The molecule has 1 aromatic carbocycles. The highest BCUT2D eigenvalue weighted by Gasteiger charge is 2.13. The molecule has 3 rings (SSSR count). The third-order valence-electron chi connectivity index (χ3n) is 3.34. The van der Waals surface area contributed by atoms with Crippen molar-refractivity contribution in [1.29, 1.82) is 0 Å². The molecule has 1 N–H and O–H groups in total. The number of nitrogens with one attached hydrogen (secondary N) is 1. The number of anilines is 2. The summed E-state index contributed by atoms with van der Waals surface area (Å²) >= 11 is 0. The van der Waals surface area contributed by atoms with Gasteiger partial charge >= 0.3 is 0 Å². The van der Waals surface area contributed by atoms with Gasteiger partial charge in [-0.1, -0.05) is 30.3 Å². The zero-order valence-electron chi connectivity index (χ0n) is 11.3. The van der Waals surface area contributed by atoms with Gasteiger partial charge in [0.15, 0.2) is 5.82 Å². The minimum atomic E-state index is 0.504. The number of aromatic nitrogens is 2. The van der Waals surface area contributed by atoms with Crippen molar-refractivity contribution in [3.63, 3.8) is 0 Å². The Bertz CT molecular complexity index is 541. The Morgan fingerprint density at radius 3 is 2.70 bits per heavy atom. The average molecular weight is 270 g/mol. The predicted molar refractivity (Wildman–Crippen MR) is 78.3 cm³/mol. The van der Waals surface area contributed by atoms with E-state index < -0.39 is 0 Å². The largest absolute Gasteiger partial charge is 0.356 e. The van der Waals surface area contributed by atoms with Crippen molar-refractivity contribution < 1.29 is 4.84 Å². The van der Waals surface area contributed by atoms with Crippen molar-refractivity contribution in [3.8, 4) is 0 Å². The van der Waals surface area contributed by atoms with Crippen LogP contribution in [0.1, 0.15) is 18.4 Å². The molecule has 104 valence electrons. The average Bonchev–Trinajstić information content (AvgIpc) is 3.03. The third-order valence-corrected chi connectivity index (χ3v) is 3.34. The molecule has 1 aliphatic heterocycles. The Hall–Kier alpha value is -2.14. The lowest BCUT2D eigenvalue weighted by Gasteiger charge is -2.16. The lowest BCUT2D eigenvalue weighted by atomic mass is 10.2. The second-order valence-corrected chi connectivity index (χ2v) is 4.83. The van der Waals surface area contributed by atoms with Gasteiger partial charge in [0.05, 0.1) is 6.61 Å². The van der Waals surface area contributed by atoms with Crippen LogP contribution in [0.2, 0.25) is 0 Å². The summed E-state index contributed by atoms with van der Waals surface area (Å²) in [6, 6.07) is 12.0. The molecule has 1 aliphatic rings. The van der Waals surface area contributed by atoms with E-state index in [4.69, 9.17) is 4.84 Å². The van der Waals surface area contributed by atoms with Crippen LogP contribution in [0.5, 0.6) is 0 Å². The maximum atomic E-state index is 5.46. The van der Waals surface area contributed by atoms with Crippen molar-refractivity contribution >= 4 is 11.6 Å². The molecule has 0 amide bonds. The topological polar surface area (TPSA) is 50.3 Å². The fraction of sp³-hybridized carbons (Fsp3) is 0.333. The Balaban J connectivity index is 1.56. The molecule has 2 aromatic rings. The first kappa shape index (κ1) is 12.9. The third kappa shape index (κ3) is 3.24. The summed E-state index contributed by atoms with van der Waals surface area (Å²) in [5.41, 5.74) is 4.00. The van der Waals surface area contributed by atoms with E-state index in [0.717, 1.165) is 24.5 Å². The van der Waals surface area contributed by atoms with Gasteiger partial charge in [-0.05, 0) is 18.4 Å². The molecular formula is C15H18N4O. The zero-order chi connectivity index (χ0) is 13.6. The fourth-order valence-electron chi connectivity index (χ4n) is 2.29. The molecule has 0 unspecified atom stereocenters. The highest BCUT2D eigenvalue weighted by Crippen LogP contribution is 2.19. The maximum absolute atomic E-state index is 5.46. The molecule has 2 heterocycles. The summed E-state index contributed by atoms with van der Waals surface area (Å²) in [6.07, 6.45) is 4.04. The predicted octanol–water partition coefficient (Wildman–Crippen LogP) is 2.62. The van der Waals surface area contributed by atoms with Crippen molar-refractivity contribution in [2.24, 2.45) is 0 Å². The van der Waals surface area contributed by atoms with Crippen LogP contribution in [-0.4, -0.2) is 23.1 Å². The highest BCUT2D eigenvalue weighted by molar-refractivity contribution is 5.47. The van der Waals surface area contributed by atoms with Crippen molar-refractivity contribution in [1.82, 2.24) is 9.97 Å². The number of hydrogen-bond acceptors (Lipinski definition) is 5. The molecule has 0 atom stereocenters. The van der Waals surface area contributed by atoms with E-state index in [9.17, 15) is 0 Å². The second-order valence-electron chi connectivity index (χ2n) is 4.83. The van der Waals surface area contributed by atoms with Crippen LogP contribution in [0.3, 0.4) is 0 Å². The summed E-state index contributed by atoms with van der Waals surface area (Å²) in [5, 5.41) is 0. The molecule has 0 bridgehead atoms. The molecule has 20 heavy (non-hydrogen) atoms. The standard InChI is InChI=1S/C15H18N4O/c1-2-6-13(7-3-1)11-20-18-14-10-15(17-12-16-14)19-8-4-5-9-19/h1-3,6-7,10,12H,4-5,8-9,11H2,(H,16,17,18). The summed E-state index contributed by atoms with van der Waals surface area (Å²) in [4.78, 5) is 16.2. The normalized spacial score (nSPS) is 14.5. The molecule has 5 heteroatoms. The van der Waals surface area contributed by atoms with Crippen LogP contribution in [0, 0.1) is 0 Å². The van der Waals surface area contributed by atoms with Crippen molar-refractivity contribution in [3.05, 3.63) is 48.3 Å². The highest BCUT2D eigenvalue weighted by atomic mass is 16.6. The first-order valence-corrected chi connectivity index (χ1v) is 6.90. The minimum Gasteiger partial charge on any atom is -0.356 e. The van der Waals surface area contributed by atoms with Crippen molar-refractivity contribution in [2.75, 3.05) is 23.5 Å². The van der Waals surface area contributed by atoms with Crippen LogP contribution >= 0.6 is 0 Å². The monoisotopic (exact) mass is 270 g/mol. The van der Waals surface area contributed by atoms with E-state index in [0.29, 0.717) is 12.4 Å². The fourth-order valence-corrected chi connectivity index (χ4v) is 2.29. The molecule has 0 saturated carbocycles. The Labute approximate surface area is 118 Å². The quantitative estimate of drug-likeness (QED) is 0.846. The second kappa shape index (κ2) is 6.34. The van der Waals surface area contributed by atoms with E-state index in [1.54, 1.807) is 6.33 Å². The molecule has 0 aliphatic carbocycles. The lowest BCUT2D eigenvalue weighted by molar-refractivity contribution is 0.179. The van der Waals surface area contributed by atoms with E-state index in [1.807, 2.05) is 36.4 Å². The lowest BCUT2D eigenvalue weighted by Crippen LogP contribution is -2.19. The number of hydrogen-bond donors (Lipinski definition) is 1. The Morgan fingerprint density at radius 2 is 1.90 bits per heavy atom. The van der Waals surface area contributed by atoms with Gasteiger partial charge in [-0.2, -0.15) is 0 Å². The van der Waals surface area contributed by atoms with Crippen LogP contribution in [-0.2, 0) is 11.4 Å². The molecule has 0 spiro atoms. The minimum absolute atomic E-state index is 0.504. The van der Waals surface area contributed by atoms with Gasteiger partial charge in [-0.15, -0.1) is 0 Å². The first-order valence-electron chi connectivity index (χ1n) is 6.90. The van der Waals surface area contributed by atoms with E-state index in [-0.39, 0.29) is 0 Å². The van der Waals surface area contributed by atoms with E-state index in [1.165, 1.54) is 12.8 Å². The van der Waals surface area contributed by atoms with E-state index in [2.05, 4.69) is 20.3 Å². The molecule has 5 nitrogen and oxygen atoms in total. The maximum Gasteiger partial charge on any atom is 0.155 e. The van der Waals surface area contributed by atoms with Crippen LogP contribution in [0.15, 0.2) is 42.7 Å². The van der Waals surface area contributed by atoms with Gasteiger partial charge in [-0.25, -0.2) is 15.4 Å². The molecule has 1 aromatic heterocycles. The summed E-state index contributed by atoms with van der Waals surface area (Å²) in [7, 11) is 0. The molecule has 1 saturated heterocycles.